The molecule has 1 aromatic rings. The van der Waals surface area contributed by atoms with Crippen LogP contribution in [-0.2, 0) is 16.1 Å². The summed E-state index contributed by atoms with van der Waals surface area (Å²) < 4.78 is 6.43. The number of carbonyl (C=O) groups excluding carboxylic acids is 1. The topological polar surface area (TPSA) is 70.1 Å². The van der Waals surface area contributed by atoms with Gasteiger partial charge >= 0.3 is 5.97 Å². The number of nitrogen functional groups attached to an aromatic ring is 1. The highest BCUT2D eigenvalue weighted by Gasteiger charge is 2.12. The number of methoxy groups -OCH3 is 1. The molecule has 0 amide bonds. The molecule has 0 aliphatic heterocycles. The Morgan fingerprint density at radius 1 is 1.62 bits per heavy atom. The van der Waals surface area contributed by atoms with Crippen molar-refractivity contribution >= 4 is 23.4 Å². The number of nitrogens with zero attached hydrogens (tertiary/aromatic N) is 2. The SMILES string of the molecule is CCn1nc(C)c(N)c1SCCC(=O)OC. The Morgan fingerprint density at radius 3 is 2.88 bits per heavy atom. The van der Waals surface area contributed by atoms with Crippen molar-refractivity contribution in [3.63, 3.8) is 0 Å². The Morgan fingerprint density at radius 2 is 2.31 bits per heavy atom. The van der Waals surface area contributed by atoms with E-state index in [9.17, 15) is 4.79 Å². The van der Waals surface area contributed by atoms with Crippen molar-refractivity contribution in [2.75, 3.05) is 18.6 Å². The Bertz CT molecular complexity index is 376. The molecule has 6 heteroatoms. The van der Waals surface area contributed by atoms with E-state index in [4.69, 9.17) is 5.73 Å². The predicted molar refractivity (Wildman–Crippen MR) is 64.4 cm³/mol. The Kier molecular flexibility index (Phi) is 4.67. The highest BCUT2D eigenvalue weighted by Crippen LogP contribution is 2.28. The summed E-state index contributed by atoms with van der Waals surface area (Å²) in [6, 6.07) is 0. The minimum atomic E-state index is -0.203. The number of rotatable bonds is 5. The third-order valence-corrected chi connectivity index (χ3v) is 3.31. The van der Waals surface area contributed by atoms with Gasteiger partial charge in [-0.05, 0) is 13.8 Å². The fourth-order valence-electron chi connectivity index (χ4n) is 1.27. The number of carbonyl (C=O) groups is 1. The van der Waals surface area contributed by atoms with E-state index in [1.165, 1.54) is 18.9 Å². The molecule has 16 heavy (non-hydrogen) atoms. The molecule has 0 aliphatic rings. The molecule has 0 radical (unpaired) electrons. The smallest absolute Gasteiger partial charge is 0.306 e. The van der Waals surface area contributed by atoms with E-state index in [-0.39, 0.29) is 5.97 Å². The van der Waals surface area contributed by atoms with E-state index < -0.39 is 0 Å². The molecule has 0 saturated heterocycles. The van der Waals surface area contributed by atoms with Gasteiger partial charge < -0.3 is 10.5 Å². The van der Waals surface area contributed by atoms with Crippen LogP contribution in [-0.4, -0.2) is 28.6 Å². The summed E-state index contributed by atoms with van der Waals surface area (Å²) in [5.74, 6) is 0.451. The summed E-state index contributed by atoms with van der Waals surface area (Å²) >= 11 is 1.54. The van der Waals surface area contributed by atoms with Crippen molar-refractivity contribution in [3.8, 4) is 0 Å². The summed E-state index contributed by atoms with van der Waals surface area (Å²) in [4.78, 5) is 11.0. The first-order valence-corrected chi connectivity index (χ1v) is 6.11. The fourth-order valence-corrected chi connectivity index (χ4v) is 2.36. The number of aromatic nitrogens is 2. The van der Waals surface area contributed by atoms with E-state index in [0.717, 1.165) is 17.3 Å². The average Bonchev–Trinajstić information content (AvgIpc) is 2.56. The number of hydrogen-bond donors (Lipinski definition) is 1. The second-order valence-electron chi connectivity index (χ2n) is 3.29. The first-order chi connectivity index (χ1) is 7.60. The molecular weight excluding hydrogens is 226 g/mol. The zero-order valence-electron chi connectivity index (χ0n) is 9.82. The Labute approximate surface area is 99.3 Å². The molecule has 0 bridgehead atoms. The lowest BCUT2D eigenvalue weighted by Crippen LogP contribution is -2.03. The van der Waals surface area contributed by atoms with Crippen LogP contribution in [0.25, 0.3) is 0 Å². The maximum atomic E-state index is 11.0. The number of nitrogens with two attached hydrogens (primary N) is 1. The average molecular weight is 243 g/mol. The lowest BCUT2D eigenvalue weighted by molar-refractivity contribution is -0.140. The second-order valence-corrected chi connectivity index (χ2v) is 4.38. The summed E-state index contributed by atoms with van der Waals surface area (Å²) in [5.41, 5.74) is 7.45. The molecule has 0 aliphatic carbocycles. The van der Waals surface area contributed by atoms with E-state index in [1.807, 2.05) is 18.5 Å². The molecule has 1 heterocycles. The lowest BCUT2D eigenvalue weighted by Gasteiger charge is -2.04. The summed E-state index contributed by atoms with van der Waals surface area (Å²) in [6.45, 7) is 4.67. The van der Waals surface area contributed by atoms with E-state index in [2.05, 4.69) is 9.84 Å². The van der Waals surface area contributed by atoms with Crippen LogP contribution in [0.15, 0.2) is 5.03 Å². The highest BCUT2D eigenvalue weighted by molar-refractivity contribution is 7.99. The van der Waals surface area contributed by atoms with Gasteiger partial charge in [0.05, 0.1) is 24.9 Å². The monoisotopic (exact) mass is 243 g/mol. The van der Waals surface area contributed by atoms with Crippen molar-refractivity contribution in [2.45, 2.75) is 31.8 Å². The molecular formula is C10H17N3O2S. The first kappa shape index (κ1) is 12.9. The van der Waals surface area contributed by atoms with Crippen LogP contribution in [0.2, 0.25) is 0 Å². The zero-order valence-corrected chi connectivity index (χ0v) is 10.6. The molecule has 1 aromatic heterocycles. The fraction of sp³-hybridized carbons (Fsp3) is 0.600. The van der Waals surface area contributed by atoms with E-state index >= 15 is 0 Å². The van der Waals surface area contributed by atoms with Crippen molar-refractivity contribution in [2.24, 2.45) is 0 Å². The predicted octanol–water partition coefficient (Wildman–Crippen LogP) is 1.45. The van der Waals surface area contributed by atoms with E-state index in [0.29, 0.717) is 17.9 Å². The van der Waals surface area contributed by atoms with E-state index in [1.54, 1.807) is 0 Å². The summed E-state index contributed by atoms with van der Waals surface area (Å²) in [7, 11) is 1.39. The highest BCUT2D eigenvalue weighted by atomic mass is 32.2. The van der Waals surface area contributed by atoms with Crippen LogP contribution in [0.5, 0.6) is 0 Å². The van der Waals surface area contributed by atoms with Gasteiger partial charge in [0, 0.05) is 12.3 Å². The lowest BCUT2D eigenvalue weighted by atomic mass is 10.4. The molecule has 0 saturated carbocycles. The summed E-state index contributed by atoms with van der Waals surface area (Å²) in [5, 5.41) is 5.24. The minimum absolute atomic E-state index is 0.203. The molecule has 0 fully saturated rings. The van der Waals surface area contributed by atoms with Crippen molar-refractivity contribution < 1.29 is 9.53 Å². The van der Waals surface area contributed by atoms with Gasteiger partial charge in [-0.1, -0.05) is 0 Å². The number of hydrogen-bond acceptors (Lipinski definition) is 5. The second kappa shape index (κ2) is 5.79. The van der Waals surface area contributed by atoms with Crippen LogP contribution >= 0.6 is 11.8 Å². The van der Waals surface area contributed by atoms with Gasteiger partial charge in [-0.2, -0.15) is 5.10 Å². The third kappa shape index (κ3) is 2.91. The van der Waals surface area contributed by atoms with Crippen molar-refractivity contribution in [1.29, 1.82) is 0 Å². The maximum absolute atomic E-state index is 11.0. The van der Waals surface area contributed by atoms with Gasteiger partial charge in [0.2, 0.25) is 0 Å². The van der Waals surface area contributed by atoms with Crippen LogP contribution < -0.4 is 5.73 Å². The number of thioether (sulfide) groups is 1. The quantitative estimate of drug-likeness (QED) is 0.626. The third-order valence-electron chi connectivity index (χ3n) is 2.20. The maximum Gasteiger partial charge on any atom is 0.306 e. The van der Waals surface area contributed by atoms with Crippen molar-refractivity contribution in [3.05, 3.63) is 5.69 Å². The van der Waals surface area contributed by atoms with Gasteiger partial charge in [0.15, 0.2) is 0 Å². The molecule has 2 N–H and O–H groups in total. The van der Waals surface area contributed by atoms with Crippen LogP contribution in [0.4, 0.5) is 5.69 Å². The number of esters is 1. The van der Waals surface area contributed by atoms with Crippen LogP contribution in [0.1, 0.15) is 19.0 Å². The van der Waals surface area contributed by atoms with Gasteiger partial charge in [-0.25, -0.2) is 0 Å². The number of ether oxygens (including phenoxy) is 1. The molecule has 0 spiro atoms. The minimum Gasteiger partial charge on any atom is -0.469 e. The van der Waals surface area contributed by atoms with Crippen LogP contribution in [0.3, 0.4) is 0 Å². The molecule has 0 unspecified atom stereocenters. The Balaban J connectivity index is 2.62. The number of anilines is 1. The standard InChI is InChI=1S/C10H17N3O2S/c1-4-13-10(9(11)7(2)12-13)16-6-5-8(14)15-3/h4-6,11H2,1-3H3. The van der Waals surface area contributed by atoms with Crippen LogP contribution in [0, 0.1) is 6.92 Å². The molecule has 0 aromatic carbocycles. The molecule has 1 rings (SSSR count). The van der Waals surface area contributed by atoms with Gasteiger partial charge in [-0.15, -0.1) is 11.8 Å². The Hall–Kier alpha value is -1.17. The van der Waals surface area contributed by atoms with Gasteiger partial charge in [-0.3, -0.25) is 9.48 Å². The van der Waals surface area contributed by atoms with Gasteiger partial charge in [0.25, 0.3) is 0 Å². The summed E-state index contributed by atoms with van der Waals surface area (Å²) in [6.07, 6.45) is 0.383. The van der Waals surface area contributed by atoms with Crippen molar-refractivity contribution in [1.82, 2.24) is 9.78 Å². The molecule has 0 atom stereocenters. The largest absolute Gasteiger partial charge is 0.469 e. The normalized spacial score (nSPS) is 10.4. The number of aryl methyl sites for hydroxylation is 2. The molecule has 5 nitrogen and oxygen atoms in total. The van der Waals surface area contributed by atoms with Gasteiger partial charge in [0.1, 0.15) is 5.03 Å². The first-order valence-electron chi connectivity index (χ1n) is 5.12. The zero-order chi connectivity index (χ0) is 12.1. The molecule has 90 valence electrons.